The van der Waals surface area contributed by atoms with Gasteiger partial charge in [-0.15, -0.1) is 10.2 Å². The lowest BCUT2D eigenvalue weighted by molar-refractivity contribution is -0.118. The zero-order valence-electron chi connectivity index (χ0n) is 21.6. The van der Waals surface area contributed by atoms with Gasteiger partial charge in [-0.1, -0.05) is 56.8 Å². The Morgan fingerprint density at radius 3 is 2.30 bits per heavy atom. The van der Waals surface area contributed by atoms with Crippen LogP contribution in [0.4, 0.5) is 0 Å². The van der Waals surface area contributed by atoms with Gasteiger partial charge in [0.1, 0.15) is 5.75 Å². The minimum atomic E-state index is -0.237. The van der Waals surface area contributed by atoms with Crippen LogP contribution in [-0.4, -0.2) is 44.2 Å². The number of carbonyl (C=O) groups excluding carboxylic acids is 1. The van der Waals surface area contributed by atoms with Crippen LogP contribution in [0.2, 0.25) is 0 Å². The van der Waals surface area contributed by atoms with E-state index in [2.05, 4.69) is 70.7 Å². The number of nitrogens with zero attached hydrogens (tertiary/aromatic N) is 5. The molecule has 2 aromatic heterocycles. The highest BCUT2D eigenvalue weighted by molar-refractivity contribution is 7.99. The lowest BCUT2D eigenvalue weighted by Gasteiger charge is -2.19. The van der Waals surface area contributed by atoms with Gasteiger partial charge in [0.2, 0.25) is 0 Å². The molecule has 0 aliphatic rings. The van der Waals surface area contributed by atoms with E-state index in [4.69, 9.17) is 4.74 Å². The van der Waals surface area contributed by atoms with Gasteiger partial charge in [0, 0.05) is 29.2 Å². The van der Waals surface area contributed by atoms with Gasteiger partial charge >= 0.3 is 0 Å². The maximum Gasteiger partial charge on any atom is 0.250 e. The van der Waals surface area contributed by atoms with E-state index in [0.717, 1.165) is 22.6 Å². The molecule has 0 saturated carbocycles. The highest BCUT2D eigenvalue weighted by atomic mass is 32.2. The van der Waals surface area contributed by atoms with Gasteiger partial charge in [0.15, 0.2) is 11.0 Å². The number of benzene rings is 2. The molecule has 0 saturated heterocycles. The molecule has 4 rings (SSSR count). The molecule has 0 radical (unpaired) electrons. The maximum absolute atomic E-state index is 12.6. The summed E-state index contributed by atoms with van der Waals surface area (Å²) in [6, 6.07) is 19.7. The number of amides is 1. The van der Waals surface area contributed by atoms with E-state index >= 15 is 0 Å². The van der Waals surface area contributed by atoms with Crippen molar-refractivity contribution >= 4 is 23.4 Å². The Kier molecular flexibility index (Phi) is 8.03. The molecule has 2 heterocycles. The number of pyridine rings is 1. The molecule has 190 valence electrons. The third-order valence-corrected chi connectivity index (χ3v) is 6.68. The quantitative estimate of drug-likeness (QED) is 0.196. The van der Waals surface area contributed by atoms with Crippen molar-refractivity contribution in [3.05, 3.63) is 84.2 Å². The van der Waals surface area contributed by atoms with Crippen LogP contribution >= 0.6 is 11.8 Å². The second-order valence-electron chi connectivity index (χ2n) is 9.42. The SMILES string of the molecule is COc1ccc(-n2c(SCC(=O)N/N=C(\C)c3ccncc3)nnc2-c2ccc(C(C)(C)C)cc2)cc1. The van der Waals surface area contributed by atoms with Crippen molar-refractivity contribution in [2.45, 2.75) is 38.3 Å². The third-order valence-electron chi connectivity index (χ3n) is 5.75. The van der Waals surface area contributed by atoms with E-state index < -0.39 is 0 Å². The number of carbonyl (C=O) groups is 1. The predicted molar refractivity (Wildman–Crippen MR) is 147 cm³/mol. The molecule has 0 unspecified atom stereocenters. The standard InChI is InChI=1S/C28H30N6O2S/c1-19(20-14-16-29-17-15-20)30-31-25(35)18-37-27-33-32-26(21-6-8-22(9-7-21)28(2,3)4)34(27)23-10-12-24(36-5)13-11-23/h6-17H,18H2,1-5H3,(H,31,35)/b30-19+. The summed E-state index contributed by atoms with van der Waals surface area (Å²) in [4.78, 5) is 16.6. The topological polar surface area (TPSA) is 94.3 Å². The van der Waals surface area contributed by atoms with Crippen molar-refractivity contribution < 1.29 is 9.53 Å². The fourth-order valence-corrected chi connectivity index (χ4v) is 4.34. The molecule has 0 fully saturated rings. The Balaban J connectivity index is 1.57. The summed E-state index contributed by atoms with van der Waals surface area (Å²) in [6.07, 6.45) is 3.37. The van der Waals surface area contributed by atoms with Crippen LogP contribution in [0.15, 0.2) is 83.3 Å². The number of ether oxygens (including phenoxy) is 1. The lowest BCUT2D eigenvalue weighted by atomic mass is 9.87. The second-order valence-corrected chi connectivity index (χ2v) is 10.4. The maximum atomic E-state index is 12.6. The molecule has 0 aliphatic heterocycles. The molecule has 37 heavy (non-hydrogen) atoms. The molecular weight excluding hydrogens is 484 g/mol. The number of methoxy groups -OCH3 is 1. The predicted octanol–water partition coefficient (Wildman–Crippen LogP) is 5.27. The summed E-state index contributed by atoms with van der Waals surface area (Å²) in [5.41, 5.74) is 7.30. The molecule has 4 aromatic rings. The fourth-order valence-electron chi connectivity index (χ4n) is 3.60. The first-order valence-corrected chi connectivity index (χ1v) is 12.8. The second kappa shape index (κ2) is 11.4. The normalized spacial score (nSPS) is 11.9. The largest absolute Gasteiger partial charge is 0.497 e. The minimum Gasteiger partial charge on any atom is -0.497 e. The van der Waals surface area contributed by atoms with Gasteiger partial charge in [-0.3, -0.25) is 14.3 Å². The van der Waals surface area contributed by atoms with Crippen LogP contribution < -0.4 is 10.2 Å². The monoisotopic (exact) mass is 514 g/mol. The number of nitrogens with one attached hydrogen (secondary N) is 1. The Labute approximate surface area is 221 Å². The molecule has 9 heteroatoms. The molecule has 2 aromatic carbocycles. The van der Waals surface area contributed by atoms with E-state index in [1.165, 1.54) is 17.3 Å². The summed E-state index contributed by atoms with van der Waals surface area (Å²) < 4.78 is 7.27. The fraction of sp³-hybridized carbons (Fsp3) is 0.250. The van der Waals surface area contributed by atoms with Crippen LogP contribution in [0.3, 0.4) is 0 Å². The van der Waals surface area contributed by atoms with Gasteiger partial charge in [0.25, 0.3) is 5.91 Å². The van der Waals surface area contributed by atoms with Crippen molar-refractivity contribution in [2.24, 2.45) is 5.10 Å². The zero-order valence-corrected chi connectivity index (χ0v) is 22.4. The van der Waals surface area contributed by atoms with E-state index in [1.807, 2.05) is 47.9 Å². The first-order chi connectivity index (χ1) is 17.8. The third kappa shape index (κ3) is 6.42. The van der Waals surface area contributed by atoms with Crippen molar-refractivity contribution in [1.82, 2.24) is 25.2 Å². The van der Waals surface area contributed by atoms with Gasteiger partial charge < -0.3 is 4.74 Å². The van der Waals surface area contributed by atoms with Crippen LogP contribution in [0.5, 0.6) is 5.75 Å². The molecule has 0 aliphatic carbocycles. The molecular formula is C28H30N6O2S. The first kappa shape index (κ1) is 26.1. The summed E-state index contributed by atoms with van der Waals surface area (Å²) in [5, 5.41) is 13.7. The van der Waals surface area contributed by atoms with E-state index in [0.29, 0.717) is 16.7 Å². The summed E-state index contributed by atoms with van der Waals surface area (Å²) in [5.74, 6) is 1.34. The van der Waals surface area contributed by atoms with Crippen LogP contribution in [0.25, 0.3) is 17.1 Å². The molecule has 8 nitrogen and oxygen atoms in total. The minimum absolute atomic E-state index is 0.0504. The van der Waals surface area contributed by atoms with Gasteiger partial charge in [-0.2, -0.15) is 5.10 Å². The Morgan fingerprint density at radius 2 is 1.68 bits per heavy atom. The number of hydrazone groups is 1. The Hall–Kier alpha value is -3.98. The van der Waals surface area contributed by atoms with E-state index in [9.17, 15) is 4.79 Å². The molecule has 1 N–H and O–H groups in total. The van der Waals surface area contributed by atoms with E-state index in [1.54, 1.807) is 19.5 Å². The molecule has 1 amide bonds. The van der Waals surface area contributed by atoms with Crippen molar-refractivity contribution in [2.75, 3.05) is 12.9 Å². The molecule has 0 atom stereocenters. The van der Waals surface area contributed by atoms with Crippen LogP contribution in [0.1, 0.15) is 38.8 Å². The average molecular weight is 515 g/mol. The van der Waals surface area contributed by atoms with Gasteiger partial charge in [0.05, 0.1) is 18.6 Å². The highest BCUT2D eigenvalue weighted by Crippen LogP contribution is 2.30. The van der Waals surface area contributed by atoms with Crippen molar-refractivity contribution in [3.8, 4) is 22.8 Å². The Morgan fingerprint density at radius 1 is 1.00 bits per heavy atom. The molecule has 0 spiro atoms. The van der Waals surface area contributed by atoms with Crippen molar-refractivity contribution in [3.63, 3.8) is 0 Å². The highest BCUT2D eigenvalue weighted by Gasteiger charge is 2.19. The summed E-state index contributed by atoms with van der Waals surface area (Å²) in [7, 11) is 1.63. The number of hydrogen-bond donors (Lipinski definition) is 1. The lowest BCUT2D eigenvalue weighted by Crippen LogP contribution is -2.21. The van der Waals surface area contributed by atoms with Crippen LogP contribution in [0, 0.1) is 0 Å². The first-order valence-electron chi connectivity index (χ1n) is 11.8. The van der Waals surface area contributed by atoms with Gasteiger partial charge in [-0.05, 0) is 54.3 Å². The summed E-state index contributed by atoms with van der Waals surface area (Å²) >= 11 is 1.30. The summed E-state index contributed by atoms with van der Waals surface area (Å²) in [6.45, 7) is 8.39. The zero-order chi connectivity index (χ0) is 26.4. The number of rotatable bonds is 8. The molecule has 0 bridgehead atoms. The van der Waals surface area contributed by atoms with Crippen LogP contribution in [-0.2, 0) is 10.2 Å². The van der Waals surface area contributed by atoms with E-state index in [-0.39, 0.29) is 17.1 Å². The number of hydrogen-bond acceptors (Lipinski definition) is 7. The number of aromatic nitrogens is 4. The smallest absolute Gasteiger partial charge is 0.250 e. The van der Waals surface area contributed by atoms with Gasteiger partial charge in [-0.25, -0.2) is 5.43 Å². The van der Waals surface area contributed by atoms with Crippen molar-refractivity contribution in [1.29, 1.82) is 0 Å². The number of thioether (sulfide) groups is 1. The Bertz CT molecular complexity index is 1380. The average Bonchev–Trinajstić information content (AvgIpc) is 3.34.